The van der Waals surface area contributed by atoms with E-state index in [1.807, 2.05) is 24.3 Å². The van der Waals surface area contributed by atoms with Gasteiger partial charge in [0.2, 0.25) is 0 Å². The van der Waals surface area contributed by atoms with Crippen LogP contribution in [0.1, 0.15) is 10.5 Å². The molecule has 0 spiro atoms. The largest absolute Gasteiger partial charge is 0.497 e. The fourth-order valence-electron chi connectivity index (χ4n) is 3.18. The predicted octanol–water partition coefficient (Wildman–Crippen LogP) is 3.86. The van der Waals surface area contributed by atoms with E-state index >= 15 is 0 Å². The highest BCUT2D eigenvalue weighted by Crippen LogP contribution is 2.36. The number of carbonyl (C=O) groups excluding carboxylic acids is 1. The number of nitrogens with zero attached hydrogens (tertiary/aromatic N) is 3. The zero-order valence-corrected chi connectivity index (χ0v) is 16.5. The third kappa shape index (κ3) is 3.36. The molecule has 0 aliphatic carbocycles. The quantitative estimate of drug-likeness (QED) is 0.541. The lowest BCUT2D eigenvalue weighted by molar-refractivity contribution is 0.0995. The minimum atomic E-state index is -0.626. The lowest BCUT2D eigenvalue weighted by Gasteiger charge is -2.14. The normalized spacial score (nSPS) is 10.9. The van der Waals surface area contributed by atoms with Crippen LogP contribution in [0.4, 0.5) is 0 Å². The van der Waals surface area contributed by atoms with Crippen LogP contribution in [0, 0.1) is 0 Å². The molecule has 4 rings (SSSR count). The Bertz CT molecular complexity index is 1240. The van der Waals surface area contributed by atoms with Crippen molar-refractivity contribution in [2.75, 3.05) is 14.2 Å². The Morgan fingerprint density at radius 2 is 1.90 bits per heavy atom. The van der Waals surface area contributed by atoms with Crippen molar-refractivity contribution in [1.82, 2.24) is 14.8 Å². The van der Waals surface area contributed by atoms with Crippen LogP contribution < -0.4 is 15.2 Å². The molecule has 8 heteroatoms. The van der Waals surface area contributed by atoms with Gasteiger partial charge in [-0.05, 0) is 42.5 Å². The number of hydrogen-bond donors (Lipinski definition) is 1. The van der Waals surface area contributed by atoms with Gasteiger partial charge in [-0.1, -0.05) is 11.6 Å². The molecule has 7 nitrogen and oxygen atoms in total. The number of rotatable bonds is 5. The summed E-state index contributed by atoms with van der Waals surface area (Å²) in [7, 11) is 3.15. The first-order chi connectivity index (χ1) is 14.0. The summed E-state index contributed by atoms with van der Waals surface area (Å²) < 4.78 is 12.5. The molecule has 146 valence electrons. The van der Waals surface area contributed by atoms with E-state index in [0.29, 0.717) is 27.7 Å². The van der Waals surface area contributed by atoms with E-state index in [2.05, 4.69) is 10.1 Å². The summed E-state index contributed by atoms with van der Waals surface area (Å²) in [5.74, 6) is 0.595. The number of amides is 1. The summed E-state index contributed by atoms with van der Waals surface area (Å²) in [5.41, 5.74) is 8.45. The Balaban J connectivity index is 2.01. The third-order valence-corrected chi connectivity index (χ3v) is 4.79. The first kappa shape index (κ1) is 18.8. The summed E-state index contributed by atoms with van der Waals surface area (Å²) in [5, 5.41) is 5.85. The van der Waals surface area contributed by atoms with Crippen molar-refractivity contribution in [3.8, 4) is 28.4 Å². The Kier molecular flexibility index (Phi) is 4.82. The van der Waals surface area contributed by atoms with E-state index in [-0.39, 0.29) is 5.69 Å². The van der Waals surface area contributed by atoms with E-state index in [1.165, 1.54) is 0 Å². The van der Waals surface area contributed by atoms with Gasteiger partial charge in [0.05, 0.1) is 31.1 Å². The second-order valence-electron chi connectivity index (χ2n) is 6.25. The molecule has 29 heavy (non-hydrogen) atoms. The number of hydrogen-bond acceptors (Lipinski definition) is 5. The maximum absolute atomic E-state index is 11.9. The molecule has 2 heterocycles. The molecule has 0 bridgehead atoms. The molecule has 2 N–H and O–H groups in total. The van der Waals surface area contributed by atoms with Gasteiger partial charge in [-0.25, -0.2) is 4.68 Å². The van der Waals surface area contributed by atoms with Crippen molar-refractivity contribution in [1.29, 1.82) is 0 Å². The van der Waals surface area contributed by atoms with Crippen LogP contribution in [0.5, 0.6) is 11.5 Å². The molecule has 2 aromatic carbocycles. The van der Waals surface area contributed by atoms with Gasteiger partial charge in [-0.2, -0.15) is 5.10 Å². The lowest BCUT2D eigenvalue weighted by Crippen LogP contribution is -2.12. The minimum Gasteiger partial charge on any atom is -0.497 e. The van der Waals surface area contributed by atoms with Gasteiger partial charge < -0.3 is 15.2 Å². The molecule has 0 saturated carbocycles. The van der Waals surface area contributed by atoms with Crippen LogP contribution in [0.15, 0.2) is 54.7 Å². The summed E-state index contributed by atoms with van der Waals surface area (Å²) >= 11 is 6.11. The average Bonchev–Trinajstić information content (AvgIpc) is 3.17. The van der Waals surface area contributed by atoms with Crippen molar-refractivity contribution in [2.45, 2.75) is 0 Å². The van der Waals surface area contributed by atoms with E-state index in [1.54, 1.807) is 49.4 Å². The minimum absolute atomic E-state index is 0.136. The number of halogens is 1. The fraction of sp³-hybridized carbons (Fsp3) is 0.0952. The second kappa shape index (κ2) is 7.44. The first-order valence-electron chi connectivity index (χ1n) is 8.68. The van der Waals surface area contributed by atoms with Crippen molar-refractivity contribution in [3.05, 3.63) is 65.4 Å². The van der Waals surface area contributed by atoms with E-state index < -0.39 is 5.91 Å². The van der Waals surface area contributed by atoms with Crippen LogP contribution in [0.3, 0.4) is 0 Å². The zero-order chi connectivity index (χ0) is 20.5. The lowest BCUT2D eigenvalue weighted by atomic mass is 10.1. The molecule has 0 radical (unpaired) electrons. The van der Waals surface area contributed by atoms with Crippen LogP contribution in [0.2, 0.25) is 5.02 Å². The number of fused-ring (bicyclic) bond motifs is 1. The number of methoxy groups -OCH3 is 2. The molecule has 0 saturated heterocycles. The fourth-order valence-corrected chi connectivity index (χ4v) is 3.34. The maximum atomic E-state index is 11.9. The van der Waals surface area contributed by atoms with Crippen LogP contribution in [-0.4, -0.2) is 34.9 Å². The number of benzene rings is 2. The topological polar surface area (TPSA) is 92.3 Å². The van der Waals surface area contributed by atoms with Gasteiger partial charge in [0, 0.05) is 28.2 Å². The molecular formula is C21H17ClN4O3. The van der Waals surface area contributed by atoms with Crippen LogP contribution >= 0.6 is 11.6 Å². The van der Waals surface area contributed by atoms with Crippen LogP contribution in [0.25, 0.3) is 27.8 Å². The van der Waals surface area contributed by atoms with Gasteiger partial charge in [-0.3, -0.25) is 9.78 Å². The summed E-state index contributed by atoms with van der Waals surface area (Å²) in [6.07, 6.45) is 1.66. The maximum Gasteiger partial charge on any atom is 0.269 e. The number of primary amides is 1. The molecule has 0 fully saturated rings. The highest BCUT2D eigenvalue weighted by Gasteiger charge is 2.19. The Labute approximate surface area is 171 Å². The summed E-state index contributed by atoms with van der Waals surface area (Å²) in [6, 6.07) is 14.3. The number of ether oxygens (including phenoxy) is 2. The van der Waals surface area contributed by atoms with Crippen LogP contribution in [-0.2, 0) is 0 Å². The molecular weight excluding hydrogens is 392 g/mol. The van der Waals surface area contributed by atoms with Crippen molar-refractivity contribution >= 4 is 28.4 Å². The van der Waals surface area contributed by atoms with E-state index in [0.717, 1.165) is 16.6 Å². The highest BCUT2D eigenvalue weighted by atomic mass is 35.5. The third-order valence-electron chi connectivity index (χ3n) is 4.56. The van der Waals surface area contributed by atoms with Gasteiger partial charge in [0.15, 0.2) is 5.69 Å². The Hall–Kier alpha value is -3.58. The first-order valence-corrected chi connectivity index (χ1v) is 9.06. The second-order valence-corrected chi connectivity index (χ2v) is 6.69. The number of pyridine rings is 1. The molecule has 1 amide bonds. The van der Waals surface area contributed by atoms with Crippen molar-refractivity contribution in [3.63, 3.8) is 0 Å². The molecule has 4 aromatic rings. The number of aromatic nitrogens is 3. The Morgan fingerprint density at radius 3 is 2.62 bits per heavy atom. The molecule has 0 aliphatic rings. The summed E-state index contributed by atoms with van der Waals surface area (Å²) in [6.45, 7) is 0. The van der Waals surface area contributed by atoms with Crippen molar-refractivity contribution in [2.24, 2.45) is 5.73 Å². The average molecular weight is 409 g/mol. The predicted molar refractivity (Wildman–Crippen MR) is 111 cm³/mol. The van der Waals surface area contributed by atoms with Gasteiger partial charge in [0.25, 0.3) is 5.91 Å². The van der Waals surface area contributed by atoms with Crippen molar-refractivity contribution < 1.29 is 14.3 Å². The Morgan fingerprint density at radius 1 is 1.07 bits per heavy atom. The zero-order valence-electron chi connectivity index (χ0n) is 15.7. The van der Waals surface area contributed by atoms with Gasteiger partial charge >= 0.3 is 0 Å². The summed E-state index contributed by atoms with van der Waals surface area (Å²) in [4.78, 5) is 16.2. The SMILES string of the molecule is COc1ccc(-c2cc(C(N)=O)nn2-c2ccnc3cc(Cl)ccc23)c(OC)c1. The van der Waals surface area contributed by atoms with Gasteiger partial charge in [0.1, 0.15) is 11.5 Å². The molecule has 2 aromatic heterocycles. The molecule has 0 atom stereocenters. The van der Waals surface area contributed by atoms with Gasteiger partial charge in [-0.15, -0.1) is 0 Å². The van der Waals surface area contributed by atoms with E-state index in [4.69, 9.17) is 26.8 Å². The number of carbonyl (C=O) groups is 1. The standard InChI is InChI=1S/C21H17ClN4O3/c1-28-13-4-6-15(20(10-13)29-2)19-11-17(21(23)27)25-26(19)18-7-8-24-16-9-12(22)3-5-14(16)18/h3-11H,1-2H3,(H2,23,27). The monoisotopic (exact) mass is 408 g/mol. The molecule has 0 aliphatic heterocycles. The highest BCUT2D eigenvalue weighted by molar-refractivity contribution is 6.31. The smallest absolute Gasteiger partial charge is 0.269 e. The molecule has 0 unspecified atom stereocenters. The number of nitrogens with two attached hydrogens (primary N) is 1. The van der Waals surface area contributed by atoms with E-state index in [9.17, 15) is 4.79 Å².